The molecule has 0 aliphatic rings. The number of hydrogen-bond donors (Lipinski definition) is 2. The van der Waals surface area contributed by atoms with Gasteiger partial charge in [-0.3, -0.25) is 20.4 Å². The van der Waals surface area contributed by atoms with Gasteiger partial charge in [0.2, 0.25) is 5.91 Å². The van der Waals surface area contributed by atoms with Crippen LogP contribution in [0.25, 0.3) is 0 Å². The van der Waals surface area contributed by atoms with Gasteiger partial charge in [-0.2, -0.15) is 0 Å². The standard InChI is InChI=1S/C16H13Cl3N2O3/c17-11-3-1-10(2-4-11)7-15(22)20-21-16(23)9-24-14-6-5-12(18)8-13(14)19/h1-6,8H,7,9H2,(H,20,22)(H,21,23). The van der Waals surface area contributed by atoms with E-state index in [1.807, 2.05) is 0 Å². The lowest BCUT2D eigenvalue weighted by Gasteiger charge is -2.10. The number of rotatable bonds is 5. The summed E-state index contributed by atoms with van der Waals surface area (Å²) in [7, 11) is 0. The summed E-state index contributed by atoms with van der Waals surface area (Å²) in [5.74, 6) is -0.565. The lowest BCUT2D eigenvalue weighted by molar-refractivity contribution is -0.129. The highest BCUT2D eigenvalue weighted by Gasteiger charge is 2.08. The van der Waals surface area contributed by atoms with Crippen molar-refractivity contribution >= 4 is 46.6 Å². The van der Waals surface area contributed by atoms with Gasteiger partial charge < -0.3 is 4.74 Å². The number of nitrogens with one attached hydrogen (secondary N) is 2. The smallest absolute Gasteiger partial charge is 0.276 e. The molecular weight excluding hydrogens is 375 g/mol. The van der Waals surface area contributed by atoms with E-state index in [-0.39, 0.29) is 18.9 Å². The van der Waals surface area contributed by atoms with E-state index in [0.29, 0.717) is 20.8 Å². The van der Waals surface area contributed by atoms with E-state index in [4.69, 9.17) is 39.5 Å². The van der Waals surface area contributed by atoms with Gasteiger partial charge in [0.1, 0.15) is 5.75 Å². The van der Waals surface area contributed by atoms with Crippen LogP contribution in [0, 0.1) is 0 Å². The Kier molecular flexibility index (Phi) is 6.73. The van der Waals surface area contributed by atoms with Gasteiger partial charge in [-0.25, -0.2) is 0 Å². The first-order valence-corrected chi connectivity index (χ1v) is 7.97. The molecular formula is C16H13Cl3N2O3. The van der Waals surface area contributed by atoms with E-state index in [9.17, 15) is 9.59 Å². The maximum atomic E-state index is 11.7. The van der Waals surface area contributed by atoms with Crippen LogP contribution in [0.2, 0.25) is 15.1 Å². The number of hydrogen-bond acceptors (Lipinski definition) is 3. The fraction of sp³-hybridized carbons (Fsp3) is 0.125. The van der Waals surface area contributed by atoms with E-state index in [2.05, 4.69) is 10.9 Å². The summed E-state index contributed by atoms with van der Waals surface area (Å²) in [5.41, 5.74) is 5.33. The first-order chi connectivity index (χ1) is 11.4. The zero-order valence-corrected chi connectivity index (χ0v) is 14.6. The lowest BCUT2D eigenvalue weighted by Crippen LogP contribution is -2.44. The molecule has 2 aromatic carbocycles. The van der Waals surface area contributed by atoms with Crippen molar-refractivity contribution in [1.82, 2.24) is 10.9 Å². The normalized spacial score (nSPS) is 10.1. The Morgan fingerprint density at radius 1 is 0.875 bits per heavy atom. The van der Waals surface area contributed by atoms with Gasteiger partial charge in [-0.1, -0.05) is 46.9 Å². The Labute approximate surface area is 153 Å². The van der Waals surface area contributed by atoms with Gasteiger partial charge in [0.05, 0.1) is 11.4 Å². The minimum atomic E-state index is -0.523. The monoisotopic (exact) mass is 386 g/mol. The lowest BCUT2D eigenvalue weighted by atomic mass is 10.1. The van der Waals surface area contributed by atoms with Crippen molar-refractivity contribution in [2.45, 2.75) is 6.42 Å². The van der Waals surface area contributed by atoms with Crippen LogP contribution < -0.4 is 15.6 Å². The molecule has 24 heavy (non-hydrogen) atoms. The zero-order valence-electron chi connectivity index (χ0n) is 12.3. The number of carbonyl (C=O) groups excluding carboxylic acids is 2. The van der Waals surface area contributed by atoms with Crippen LogP contribution in [0.1, 0.15) is 5.56 Å². The van der Waals surface area contributed by atoms with Crippen LogP contribution in [0.15, 0.2) is 42.5 Å². The molecule has 0 radical (unpaired) electrons. The van der Waals surface area contributed by atoms with Crippen LogP contribution >= 0.6 is 34.8 Å². The molecule has 0 unspecified atom stereocenters. The number of carbonyl (C=O) groups is 2. The van der Waals surface area contributed by atoms with Crippen LogP contribution in [0.4, 0.5) is 0 Å². The molecule has 126 valence electrons. The summed E-state index contributed by atoms with van der Waals surface area (Å²) in [6.07, 6.45) is 0.112. The average molecular weight is 388 g/mol. The summed E-state index contributed by atoms with van der Waals surface area (Å²) in [4.78, 5) is 23.4. The van der Waals surface area contributed by atoms with Crippen molar-refractivity contribution in [3.63, 3.8) is 0 Å². The molecule has 0 fully saturated rings. The van der Waals surface area contributed by atoms with Gasteiger partial charge in [0, 0.05) is 10.0 Å². The third-order valence-electron chi connectivity index (χ3n) is 2.87. The first-order valence-electron chi connectivity index (χ1n) is 6.84. The summed E-state index contributed by atoms with van der Waals surface area (Å²) in [5, 5.41) is 1.35. The maximum absolute atomic E-state index is 11.7. The molecule has 0 aromatic heterocycles. The molecule has 0 saturated heterocycles. The second-order valence-electron chi connectivity index (χ2n) is 4.76. The van der Waals surface area contributed by atoms with Crippen LogP contribution in [-0.2, 0) is 16.0 Å². The van der Waals surface area contributed by atoms with Crippen molar-refractivity contribution in [3.8, 4) is 5.75 Å². The number of hydrazine groups is 1. The van der Waals surface area contributed by atoms with E-state index in [1.165, 1.54) is 6.07 Å². The third-order valence-corrected chi connectivity index (χ3v) is 3.65. The second kappa shape index (κ2) is 8.78. The highest BCUT2D eigenvalue weighted by molar-refractivity contribution is 6.35. The van der Waals surface area contributed by atoms with Gasteiger partial charge in [0.15, 0.2) is 6.61 Å². The first kappa shape index (κ1) is 18.4. The zero-order chi connectivity index (χ0) is 17.5. The van der Waals surface area contributed by atoms with Gasteiger partial charge >= 0.3 is 0 Å². The van der Waals surface area contributed by atoms with Crippen LogP contribution in [0.5, 0.6) is 5.75 Å². The summed E-state index contributed by atoms with van der Waals surface area (Å²) in [6, 6.07) is 11.5. The molecule has 2 N–H and O–H groups in total. The number of amides is 2. The Morgan fingerprint density at radius 2 is 1.50 bits per heavy atom. The van der Waals surface area contributed by atoms with E-state index >= 15 is 0 Å². The molecule has 2 amide bonds. The highest BCUT2D eigenvalue weighted by atomic mass is 35.5. The molecule has 2 rings (SSSR count). The molecule has 0 aliphatic carbocycles. The van der Waals surface area contributed by atoms with E-state index in [1.54, 1.807) is 36.4 Å². The molecule has 0 aliphatic heterocycles. The van der Waals surface area contributed by atoms with Crippen molar-refractivity contribution in [3.05, 3.63) is 63.1 Å². The fourth-order valence-corrected chi connectivity index (χ4v) is 2.33. The molecule has 2 aromatic rings. The van der Waals surface area contributed by atoms with Gasteiger partial charge in [0.25, 0.3) is 5.91 Å². The maximum Gasteiger partial charge on any atom is 0.276 e. The fourth-order valence-electron chi connectivity index (χ4n) is 1.74. The van der Waals surface area contributed by atoms with Crippen molar-refractivity contribution in [1.29, 1.82) is 0 Å². The summed E-state index contributed by atoms with van der Waals surface area (Å²) in [6.45, 7) is -0.303. The quantitative estimate of drug-likeness (QED) is 0.773. The van der Waals surface area contributed by atoms with Crippen LogP contribution in [-0.4, -0.2) is 18.4 Å². The van der Waals surface area contributed by atoms with Crippen molar-refractivity contribution in [2.24, 2.45) is 0 Å². The number of benzene rings is 2. The largest absolute Gasteiger partial charge is 0.482 e. The number of ether oxygens (including phenoxy) is 1. The Bertz CT molecular complexity index is 736. The van der Waals surface area contributed by atoms with E-state index < -0.39 is 5.91 Å². The molecule has 0 saturated carbocycles. The molecule has 0 atom stereocenters. The predicted octanol–water partition coefficient (Wildman–Crippen LogP) is 3.42. The highest BCUT2D eigenvalue weighted by Crippen LogP contribution is 2.27. The average Bonchev–Trinajstić information content (AvgIpc) is 2.54. The Morgan fingerprint density at radius 3 is 2.17 bits per heavy atom. The molecule has 0 bridgehead atoms. The predicted molar refractivity (Wildman–Crippen MR) is 93.4 cm³/mol. The van der Waals surface area contributed by atoms with Crippen LogP contribution in [0.3, 0.4) is 0 Å². The van der Waals surface area contributed by atoms with Crippen molar-refractivity contribution in [2.75, 3.05) is 6.61 Å². The molecule has 8 heteroatoms. The number of halogens is 3. The summed E-state index contributed by atoms with van der Waals surface area (Å²) >= 11 is 17.5. The molecule has 0 heterocycles. The Hall–Kier alpha value is -1.95. The molecule has 0 spiro atoms. The molecule has 5 nitrogen and oxygen atoms in total. The topological polar surface area (TPSA) is 67.4 Å². The van der Waals surface area contributed by atoms with Gasteiger partial charge in [-0.15, -0.1) is 0 Å². The minimum absolute atomic E-state index is 0.112. The Balaban J connectivity index is 1.74. The summed E-state index contributed by atoms with van der Waals surface area (Å²) < 4.78 is 5.25. The minimum Gasteiger partial charge on any atom is -0.482 e. The van der Waals surface area contributed by atoms with Gasteiger partial charge in [-0.05, 0) is 35.9 Å². The second-order valence-corrected chi connectivity index (χ2v) is 6.04. The van der Waals surface area contributed by atoms with E-state index in [0.717, 1.165) is 5.56 Å². The third kappa shape index (κ3) is 5.92. The van der Waals surface area contributed by atoms with Crippen molar-refractivity contribution < 1.29 is 14.3 Å². The SMILES string of the molecule is O=C(COc1ccc(Cl)cc1Cl)NNC(=O)Cc1ccc(Cl)cc1.